The maximum Gasteiger partial charge on any atom is 0.276 e. The van der Waals surface area contributed by atoms with Gasteiger partial charge in [-0.3, -0.25) is 10.1 Å². The van der Waals surface area contributed by atoms with E-state index in [-0.39, 0.29) is 17.5 Å². The number of hydrogen-bond acceptors (Lipinski definition) is 4. The Balaban J connectivity index is 2.35. The molecule has 0 bridgehead atoms. The molecule has 0 fully saturated rings. The number of rotatable bonds is 4. The number of pyridine rings is 1. The molecule has 0 spiro atoms. The van der Waals surface area contributed by atoms with Crippen LogP contribution < -0.4 is 4.74 Å². The molecule has 0 N–H and O–H groups in total. The van der Waals surface area contributed by atoms with Gasteiger partial charge in [-0.15, -0.1) is 0 Å². The third kappa shape index (κ3) is 3.33. The van der Waals surface area contributed by atoms with Gasteiger partial charge in [0.1, 0.15) is 5.75 Å². The maximum atomic E-state index is 10.7. The Labute approximate surface area is 124 Å². The number of halogens is 1. The van der Waals surface area contributed by atoms with Crippen LogP contribution in [0.4, 0.5) is 5.69 Å². The SMILES string of the molecule is CC(C)c1cc(Br)ccc1Oc1cc([N+](=O)[O-])ccn1. The number of aromatic nitrogens is 1. The van der Waals surface area contributed by atoms with Crippen molar-refractivity contribution in [2.45, 2.75) is 19.8 Å². The fraction of sp³-hybridized carbons (Fsp3) is 0.214. The fourth-order valence-corrected chi connectivity index (χ4v) is 2.12. The van der Waals surface area contributed by atoms with Crippen LogP contribution in [0.25, 0.3) is 0 Å². The van der Waals surface area contributed by atoms with Crippen molar-refractivity contribution in [2.75, 3.05) is 0 Å². The molecule has 0 atom stereocenters. The van der Waals surface area contributed by atoms with Gasteiger partial charge in [-0.25, -0.2) is 4.98 Å². The summed E-state index contributed by atoms with van der Waals surface area (Å²) in [6.07, 6.45) is 1.36. The molecule has 2 aromatic rings. The molecule has 0 amide bonds. The molecule has 1 aromatic heterocycles. The first-order valence-corrected chi connectivity index (χ1v) is 6.84. The van der Waals surface area contributed by atoms with Crippen LogP contribution in [-0.4, -0.2) is 9.91 Å². The number of hydrogen-bond donors (Lipinski definition) is 0. The summed E-state index contributed by atoms with van der Waals surface area (Å²) in [5, 5.41) is 10.7. The molecule has 0 aliphatic carbocycles. The molecule has 1 heterocycles. The minimum Gasteiger partial charge on any atom is -0.438 e. The second kappa shape index (κ2) is 6.00. The molecule has 2 rings (SSSR count). The molecule has 0 saturated carbocycles. The fourth-order valence-electron chi connectivity index (χ4n) is 1.74. The van der Waals surface area contributed by atoms with E-state index in [1.54, 1.807) is 0 Å². The Morgan fingerprint density at radius 1 is 1.30 bits per heavy atom. The molecule has 1 aromatic carbocycles. The summed E-state index contributed by atoms with van der Waals surface area (Å²) in [7, 11) is 0. The predicted molar refractivity (Wildman–Crippen MR) is 79.2 cm³/mol. The first-order valence-electron chi connectivity index (χ1n) is 6.05. The first-order chi connectivity index (χ1) is 9.47. The lowest BCUT2D eigenvalue weighted by molar-refractivity contribution is -0.385. The van der Waals surface area contributed by atoms with Crippen molar-refractivity contribution in [2.24, 2.45) is 0 Å². The van der Waals surface area contributed by atoms with E-state index in [1.165, 1.54) is 18.3 Å². The number of benzene rings is 1. The highest BCUT2D eigenvalue weighted by Gasteiger charge is 2.12. The van der Waals surface area contributed by atoms with Gasteiger partial charge >= 0.3 is 0 Å². The van der Waals surface area contributed by atoms with Gasteiger partial charge in [-0.1, -0.05) is 29.8 Å². The lowest BCUT2D eigenvalue weighted by Crippen LogP contribution is -1.96. The molecule has 0 unspecified atom stereocenters. The van der Waals surface area contributed by atoms with E-state index in [0.717, 1.165) is 10.0 Å². The van der Waals surface area contributed by atoms with Gasteiger partial charge in [0.25, 0.3) is 5.69 Å². The van der Waals surface area contributed by atoms with E-state index in [1.807, 2.05) is 18.2 Å². The molecule has 5 nitrogen and oxygen atoms in total. The Morgan fingerprint density at radius 2 is 2.05 bits per heavy atom. The summed E-state index contributed by atoms with van der Waals surface area (Å²) in [6.45, 7) is 4.10. The van der Waals surface area contributed by atoms with Crippen molar-refractivity contribution < 1.29 is 9.66 Å². The number of ether oxygens (including phenoxy) is 1. The highest BCUT2D eigenvalue weighted by molar-refractivity contribution is 9.10. The third-order valence-electron chi connectivity index (χ3n) is 2.74. The highest BCUT2D eigenvalue weighted by atomic mass is 79.9. The average Bonchev–Trinajstić information content (AvgIpc) is 2.41. The molecule has 6 heteroatoms. The van der Waals surface area contributed by atoms with Crippen LogP contribution in [0.5, 0.6) is 11.6 Å². The topological polar surface area (TPSA) is 65.3 Å². The largest absolute Gasteiger partial charge is 0.438 e. The van der Waals surface area contributed by atoms with Gasteiger partial charge in [0, 0.05) is 16.7 Å². The zero-order valence-corrected chi connectivity index (χ0v) is 12.6. The quantitative estimate of drug-likeness (QED) is 0.601. The minimum absolute atomic E-state index is 0.0433. The second-order valence-corrected chi connectivity index (χ2v) is 5.46. The first kappa shape index (κ1) is 14.5. The number of nitrogens with zero attached hydrogens (tertiary/aromatic N) is 2. The zero-order chi connectivity index (χ0) is 14.7. The van der Waals surface area contributed by atoms with Crippen molar-refractivity contribution in [3.63, 3.8) is 0 Å². The average molecular weight is 337 g/mol. The molecular weight excluding hydrogens is 324 g/mol. The minimum atomic E-state index is -0.473. The lowest BCUT2D eigenvalue weighted by atomic mass is 10.0. The number of nitro groups is 1. The van der Waals surface area contributed by atoms with Gasteiger partial charge < -0.3 is 4.74 Å². The van der Waals surface area contributed by atoms with E-state index < -0.39 is 4.92 Å². The molecule has 20 heavy (non-hydrogen) atoms. The highest BCUT2D eigenvalue weighted by Crippen LogP contribution is 2.32. The van der Waals surface area contributed by atoms with Crippen molar-refractivity contribution in [3.05, 3.63) is 56.7 Å². The van der Waals surface area contributed by atoms with E-state index in [0.29, 0.717) is 5.75 Å². The Hall–Kier alpha value is -1.95. The Morgan fingerprint density at radius 3 is 2.70 bits per heavy atom. The summed E-state index contributed by atoms with van der Waals surface area (Å²) in [5.41, 5.74) is 0.964. The van der Waals surface area contributed by atoms with Crippen molar-refractivity contribution in [1.82, 2.24) is 4.98 Å². The normalized spacial score (nSPS) is 10.6. The van der Waals surface area contributed by atoms with Crippen LogP contribution in [0, 0.1) is 10.1 Å². The van der Waals surface area contributed by atoms with Crippen LogP contribution in [0.15, 0.2) is 41.0 Å². The van der Waals surface area contributed by atoms with Crippen molar-refractivity contribution >= 4 is 21.6 Å². The van der Waals surface area contributed by atoms with E-state index >= 15 is 0 Å². The van der Waals surface area contributed by atoms with E-state index in [2.05, 4.69) is 34.8 Å². The molecule has 0 radical (unpaired) electrons. The van der Waals surface area contributed by atoms with Gasteiger partial charge in [0.2, 0.25) is 5.88 Å². The summed E-state index contributed by atoms with van der Waals surface area (Å²) >= 11 is 3.42. The van der Waals surface area contributed by atoms with Crippen LogP contribution in [0.2, 0.25) is 0 Å². The van der Waals surface area contributed by atoms with Gasteiger partial charge in [0.15, 0.2) is 0 Å². The van der Waals surface area contributed by atoms with E-state index in [4.69, 9.17) is 4.74 Å². The van der Waals surface area contributed by atoms with Crippen molar-refractivity contribution in [3.8, 4) is 11.6 Å². The van der Waals surface area contributed by atoms with Crippen LogP contribution in [0.1, 0.15) is 25.3 Å². The third-order valence-corrected chi connectivity index (χ3v) is 3.23. The van der Waals surface area contributed by atoms with Crippen molar-refractivity contribution in [1.29, 1.82) is 0 Å². The maximum absolute atomic E-state index is 10.7. The molecule has 0 saturated heterocycles. The van der Waals surface area contributed by atoms with Crippen LogP contribution in [0.3, 0.4) is 0 Å². The van der Waals surface area contributed by atoms with Gasteiger partial charge in [-0.05, 0) is 29.7 Å². The Kier molecular flexibility index (Phi) is 4.34. The lowest BCUT2D eigenvalue weighted by Gasteiger charge is -2.13. The summed E-state index contributed by atoms with van der Waals surface area (Å²) in [6, 6.07) is 8.29. The molecular formula is C14H13BrN2O3. The van der Waals surface area contributed by atoms with Gasteiger partial charge in [0.05, 0.1) is 11.0 Å². The molecule has 0 aliphatic heterocycles. The standard InChI is InChI=1S/C14H13BrN2O3/c1-9(2)12-7-10(15)3-4-13(12)20-14-8-11(17(18)19)5-6-16-14/h3-9H,1-2H3. The predicted octanol–water partition coefficient (Wildman–Crippen LogP) is 4.67. The summed E-state index contributed by atoms with van der Waals surface area (Å²) in [5.74, 6) is 1.13. The zero-order valence-electron chi connectivity index (χ0n) is 11.0. The van der Waals surface area contributed by atoms with Gasteiger partial charge in [-0.2, -0.15) is 0 Å². The Bertz CT molecular complexity index is 644. The van der Waals surface area contributed by atoms with E-state index in [9.17, 15) is 10.1 Å². The molecule has 104 valence electrons. The van der Waals surface area contributed by atoms with Crippen LogP contribution in [-0.2, 0) is 0 Å². The smallest absolute Gasteiger partial charge is 0.276 e. The summed E-state index contributed by atoms with van der Waals surface area (Å²) in [4.78, 5) is 14.3. The monoisotopic (exact) mass is 336 g/mol. The molecule has 0 aliphatic rings. The van der Waals surface area contributed by atoms with Crippen LogP contribution >= 0.6 is 15.9 Å². The summed E-state index contributed by atoms with van der Waals surface area (Å²) < 4.78 is 6.64. The second-order valence-electron chi connectivity index (χ2n) is 4.55.